The normalized spacial score (nSPS) is 19.3. The molecule has 2 nitrogen and oxygen atoms in total. The molecule has 1 aliphatic rings. The standard InChI is InChI=1S/C15H22ClNOS/c1-17(10-13-6-7-14(16)19-13)11-15(12-18)8-4-2-3-5-9-15/h6-7,12H,2-5,8-11H2,1H3. The van der Waals surface area contributed by atoms with E-state index in [1.165, 1.54) is 36.8 Å². The zero-order valence-corrected chi connectivity index (χ0v) is 13.1. The quantitative estimate of drug-likeness (QED) is 0.594. The number of carbonyl (C=O) groups is 1. The molecule has 1 saturated carbocycles. The Bertz CT molecular complexity index is 410. The van der Waals surface area contributed by atoms with Crippen LogP contribution in [-0.2, 0) is 11.3 Å². The molecule has 0 radical (unpaired) electrons. The van der Waals surface area contributed by atoms with Crippen molar-refractivity contribution in [1.29, 1.82) is 0 Å². The van der Waals surface area contributed by atoms with Gasteiger partial charge in [0.15, 0.2) is 0 Å². The Morgan fingerprint density at radius 2 is 2.00 bits per heavy atom. The fraction of sp³-hybridized carbons (Fsp3) is 0.667. The third-order valence-corrected chi connectivity index (χ3v) is 5.20. The number of nitrogens with zero attached hydrogens (tertiary/aromatic N) is 1. The SMILES string of the molecule is CN(Cc1ccc(Cl)s1)CC1(C=O)CCCCCC1. The van der Waals surface area contributed by atoms with Crippen molar-refractivity contribution in [3.05, 3.63) is 21.3 Å². The Labute approximate surface area is 124 Å². The van der Waals surface area contributed by atoms with Gasteiger partial charge in [0, 0.05) is 23.4 Å². The van der Waals surface area contributed by atoms with Gasteiger partial charge >= 0.3 is 0 Å². The molecule has 4 heteroatoms. The summed E-state index contributed by atoms with van der Waals surface area (Å²) in [6.45, 7) is 1.75. The summed E-state index contributed by atoms with van der Waals surface area (Å²) in [5.74, 6) is 0. The molecule has 0 N–H and O–H groups in total. The zero-order chi connectivity index (χ0) is 13.7. The molecule has 1 fully saturated rings. The fourth-order valence-electron chi connectivity index (χ4n) is 3.04. The van der Waals surface area contributed by atoms with Gasteiger partial charge in [-0.05, 0) is 32.0 Å². The lowest BCUT2D eigenvalue weighted by Crippen LogP contribution is -2.36. The molecule has 106 valence electrons. The first-order valence-corrected chi connectivity index (χ1v) is 8.22. The van der Waals surface area contributed by atoms with Gasteiger partial charge < -0.3 is 9.69 Å². The van der Waals surface area contributed by atoms with Crippen molar-refractivity contribution in [2.45, 2.75) is 45.1 Å². The largest absolute Gasteiger partial charge is 0.303 e. The van der Waals surface area contributed by atoms with Crippen LogP contribution in [0.5, 0.6) is 0 Å². The molecule has 0 bridgehead atoms. The fourth-order valence-corrected chi connectivity index (χ4v) is 4.21. The first-order valence-electron chi connectivity index (χ1n) is 7.03. The minimum absolute atomic E-state index is 0.119. The molecule has 1 aromatic heterocycles. The number of aldehydes is 1. The summed E-state index contributed by atoms with van der Waals surface area (Å²) in [5.41, 5.74) is -0.119. The molecule has 19 heavy (non-hydrogen) atoms. The van der Waals surface area contributed by atoms with E-state index in [-0.39, 0.29) is 5.41 Å². The number of thiophene rings is 1. The molecule has 2 rings (SSSR count). The average Bonchev–Trinajstić information content (AvgIpc) is 2.65. The lowest BCUT2D eigenvalue weighted by molar-refractivity contribution is -0.118. The third kappa shape index (κ3) is 4.30. The maximum absolute atomic E-state index is 11.6. The molecule has 1 aliphatic carbocycles. The summed E-state index contributed by atoms with van der Waals surface area (Å²) >= 11 is 7.58. The molecule has 0 aliphatic heterocycles. The first-order chi connectivity index (χ1) is 9.13. The topological polar surface area (TPSA) is 20.3 Å². The van der Waals surface area contributed by atoms with E-state index in [4.69, 9.17) is 11.6 Å². The highest BCUT2D eigenvalue weighted by atomic mass is 35.5. The molecular weight excluding hydrogens is 278 g/mol. The van der Waals surface area contributed by atoms with Gasteiger partial charge in [-0.1, -0.05) is 37.3 Å². The molecule has 0 aromatic carbocycles. The molecule has 0 spiro atoms. The second kappa shape index (κ2) is 6.87. The van der Waals surface area contributed by atoms with Crippen molar-refractivity contribution in [1.82, 2.24) is 4.90 Å². The maximum atomic E-state index is 11.6. The van der Waals surface area contributed by atoms with Crippen molar-refractivity contribution in [3.63, 3.8) is 0 Å². The van der Waals surface area contributed by atoms with Gasteiger partial charge in [-0.25, -0.2) is 0 Å². The predicted molar refractivity (Wildman–Crippen MR) is 81.9 cm³/mol. The van der Waals surface area contributed by atoms with Crippen LogP contribution in [0.15, 0.2) is 12.1 Å². The molecule has 0 unspecified atom stereocenters. The van der Waals surface area contributed by atoms with Crippen LogP contribution < -0.4 is 0 Å². The Morgan fingerprint density at radius 3 is 2.53 bits per heavy atom. The van der Waals surface area contributed by atoms with E-state index in [9.17, 15) is 4.79 Å². The number of hydrogen-bond acceptors (Lipinski definition) is 3. The average molecular weight is 300 g/mol. The van der Waals surface area contributed by atoms with Gasteiger partial charge in [0.2, 0.25) is 0 Å². The van der Waals surface area contributed by atoms with Gasteiger partial charge in [0.05, 0.1) is 4.34 Å². The Balaban J connectivity index is 1.95. The van der Waals surface area contributed by atoms with E-state index in [0.717, 1.165) is 30.3 Å². The number of carbonyl (C=O) groups excluding carboxylic acids is 1. The maximum Gasteiger partial charge on any atom is 0.127 e. The van der Waals surface area contributed by atoms with E-state index < -0.39 is 0 Å². The first kappa shape index (κ1) is 15.0. The second-order valence-corrected chi connectivity index (χ2v) is 7.57. The predicted octanol–water partition coefficient (Wildman–Crippen LogP) is 4.37. The van der Waals surface area contributed by atoms with Crippen LogP contribution in [0.1, 0.15) is 43.4 Å². The molecule has 0 saturated heterocycles. The van der Waals surface area contributed by atoms with Crippen molar-refractivity contribution < 1.29 is 4.79 Å². The summed E-state index contributed by atoms with van der Waals surface area (Å²) < 4.78 is 0.836. The van der Waals surface area contributed by atoms with Crippen LogP contribution in [0.2, 0.25) is 4.34 Å². The summed E-state index contributed by atoms with van der Waals surface area (Å²) in [7, 11) is 2.10. The lowest BCUT2D eigenvalue weighted by atomic mass is 9.81. The molecule has 0 amide bonds. The van der Waals surface area contributed by atoms with Crippen LogP contribution in [0.3, 0.4) is 0 Å². The third-order valence-electron chi connectivity index (χ3n) is 3.99. The van der Waals surface area contributed by atoms with E-state index in [1.807, 2.05) is 6.07 Å². The number of halogens is 1. The van der Waals surface area contributed by atoms with Gasteiger partial charge in [-0.15, -0.1) is 11.3 Å². The van der Waals surface area contributed by atoms with Crippen molar-refractivity contribution in [3.8, 4) is 0 Å². The van der Waals surface area contributed by atoms with Crippen LogP contribution in [0.25, 0.3) is 0 Å². The van der Waals surface area contributed by atoms with E-state index in [0.29, 0.717) is 0 Å². The summed E-state index contributed by atoms with van der Waals surface area (Å²) in [4.78, 5) is 15.1. The minimum Gasteiger partial charge on any atom is -0.303 e. The molecule has 0 atom stereocenters. The van der Waals surface area contributed by atoms with Gasteiger partial charge in [0.25, 0.3) is 0 Å². The highest BCUT2D eigenvalue weighted by Gasteiger charge is 2.31. The van der Waals surface area contributed by atoms with Crippen LogP contribution >= 0.6 is 22.9 Å². The van der Waals surface area contributed by atoms with Crippen LogP contribution in [0, 0.1) is 5.41 Å². The number of rotatable bonds is 5. The summed E-state index contributed by atoms with van der Waals surface area (Å²) in [5, 5.41) is 0. The van der Waals surface area contributed by atoms with E-state index in [2.05, 4.69) is 18.0 Å². The van der Waals surface area contributed by atoms with Gasteiger partial charge in [0.1, 0.15) is 6.29 Å². The smallest absolute Gasteiger partial charge is 0.127 e. The van der Waals surface area contributed by atoms with Crippen LogP contribution in [-0.4, -0.2) is 24.8 Å². The highest BCUT2D eigenvalue weighted by Crippen LogP contribution is 2.34. The lowest BCUT2D eigenvalue weighted by Gasteiger charge is -2.31. The van der Waals surface area contributed by atoms with Gasteiger partial charge in [-0.3, -0.25) is 0 Å². The highest BCUT2D eigenvalue weighted by molar-refractivity contribution is 7.16. The Kier molecular flexibility index (Phi) is 5.43. The molecule has 1 heterocycles. The summed E-state index contributed by atoms with van der Waals surface area (Å²) in [6.07, 6.45) is 8.25. The van der Waals surface area contributed by atoms with Crippen molar-refractivity contribution >= 4 is 29.2 Å². The van der Waals surface area contributed by atoms with Gasteiger partial charge in [-0.2, -0.15) is 0 Å². The minimum atomic E-state index is -0.119. The molecule has 1 aromatic rings. The van der Waals surface area contributed by atoms with Crippen LogP contribution in [0.4, 0.5) is 0 Å². The monoisotopic (exact) mass is 299 g/mol. The number of hydrogen-bond donors (Lipinski definition) is 0. The molecular formula is C15H22ClNOS. The summed E-state index contributed by atoms with van der Waals surface area (Å²) in [6, 6.07) is 4.01. The zero-order valence-electron chi connectivity index (χ0n) is 11.5. The van der Waals surface area contributed by atoms with E-state index >= 15 is 0 Å². The van der Waals surface area contributed by atoms with Crippen molar-refractivity contribution in [2.75, 3.05) is 13.6 Å². The van der Waals surface area contributed by atoms with E-state index in [1.54, 1.807) is 11.3 Å². The Hall–Kier alpha value is -0.380. The second-order valence-electron chi connectivity index (χ2n) is 5.77. The Morgan fingerprint density at radius 1 is 1.32 bits per heavy atom. The van der Waals surface area contributed by atoms with Crippen molar-refractivity contribution in [2.24, 2.45) is 5.41 Å².